The van der Waals surface area contributed by atoms with E-state index in [1.807, 2.05) is 50.2 Å². The van der Waals surface area contributed by atoms with E-state index >= 15 is 0 Å². The molecule has 2 aromatic carbocycles. The molecule has 3 rings (SSSR count). The smallest absolute Gasteiger partial charge is 0.229 e. The number of carbonyl (C=O) groups is 2. The van der Waals surface area contributed by atoms with Crippen LogP contribution in [0.15, 0.2) is 53.0 Å². The fraction of sp³-hybridized carbons (Fsp3) is 0.300. The third kappa shape index (κ3) is 4.43. The van der Waals surface area contributed by atoms with Crippen LogP contribution in [-0.2, 0) is 9.59 Å². The number of rotatable bonds is 5. The Morgan fingerprint density at radius 3 is 2.42 bits per heavy atom. The molecule has 26 heavy (non-hydrogen) atoms. The number of carbonyl (C=O) groups excluding carboxylic acids is 2. The molecule has 1 aliphatic heterocycles. The third-order valence-electron chi connectivity index (χ3n) is 4.13. The molecule has 136 valence electrons. The molecule has 1 heterocycles. The van der Waals surface area contributed by atoms with E-state index in [0.29, 0.717) is 12.2 Å². The van der Waals surface area contributed by atoms with Crippen LogP contribution in [0, 0.1) is 5.92 Å². The van der Waals surface area contributed by atoms with Crippen LogP contribution >= 0.6 is 15.9 Å². The molecular formula is C20H21BrN2O3. The molecule has 2 aromatic rings. The number of nitrogens with zero attached hydrogens (tertiary/aromatic N) is 1. The van der Waals surface area contributed by atoms with Crippen molar-refractivity contribution in [3.8, 4) is 5.75 Å². The van der Waals surface area contributed by atoms with E-state index in [1.54, 1.807) is 17.0 Å². The lowest BCUT2D eigenvalue weighted by atomic mass is 10.1. The lowest BCUT2D eigenvalue weighted by Gasteiger charge is -2.17. The highest BCUT2D eigenvalue weighted by Crippen LogP contribution is 2.27. The van der Waals surface area contributed by atoms with Gasteiger partial charge in [-0.2, -0.15) is 0 Å². The first-order valence-electron chi connectivity index (χ1n) is 8.56. The zero-order valence-corrected chi connectivity index (χ0v) is 16.3. The Kier molecular flexibility index (Phi) is 5.61. The predicted molar refractivity (Wildman–Crippen MR) is 105 cm³/mol. The molecular weight excluding hydrogens is 396 g/mol. The Morgan fingerprint density at radius 2 is 1.81 bits per heavy atom. The van der Waals surface area contributed by atoms with Gasteiger partial charge in [-0.15, -0.1) is 0 Å². The van der Waals surface area contributed by atoms with Crippen LogP contribution in [0.1, 0.15) is 20.3 Å². The van der Waals surface area contributed by atoms with Gasteiger partial charge in [0.1, 0.15) is 5.75 Å². The van der Waals surface area contributed by atoms with Crippen LogP contribution in [-0.4, -0.2) is 24.5 Å². The molecule has 1 N–H and O–H groups in total. The number of halogens is 1. The normalized spacial score (nSPS) is 16.8. The highest BCUT2D eigenvalue weighted by atomic mass is 79.9. The van der Waals surface area contributed by atoms with Gasteiger partial charge in [0, 0.05) is 28.8 Å². The zero-order valence-electron chi connectivity index (χ0n) is 14.7. The van der Waals surface area contributed by atoms with E-state index < -0.39 is 0 Å². The Bertz CT molecular complexity index is 788. The van der Waals surface area contributed by atoms with Crippen molar-refractivity contribution in [3.63, 3.8) is 0 Å². The summed E-state index contributed by atoms with van der Waals surface area (Å²) in [4.78, 5) is 26.5. The van der Waals surface area contributed by atoms with Gasteiger partial charge < -0.3 is 15.0 Å². The van der Waals surface area contributed by atoms with Gasteiger partial charge in [-0.05, 0) is 62.4 Å². The number of ether oxygens (including phenoxy) is 1. The molecule has 0 unspecified atom stereocenters. The van der Waals surface area contributed by atoms with Crippen LogP contribution in [0.25, 0.3) is 0 Å². The van der Waals surface area contributed by atoms with Crippen molar-refractivity contribution in [2.45, 2.75) is 26.4 Å². The summed E-state index contributed by atoms with van der Waals surface area (Å²) in [5.41, 5.74) is 1.50. The van der Waals surface area contributed by atoms with E-state index in [2.05, 4.69) is 21.2 Å². The Hall–Kier alpha value is -2.34. The highest BCUT2D eigenvalue weighted by Gasteiger charge is 2.35. The summed E-state index contributed by atoms with van der Waals surface area (Å²) >= 11 is 3.38. The second-order valence-corrected chi connectivity index (χ2v) is 7.48. The molecule has 1 atom stereocenters. The van der Waals surface area contributed by atoms with Gasteiger partial charge in [0.25, 0.3) is 0 Å². The van der Waals surface area contributed by atoms with Gasteiger partial charge >= 0.3 is 0 Å². The number of hydrogen-bond donors (Lipinski definition) is 1. The van der Waals surface area contributed by atoms with Gasteiger partial charge in [-0.25, -0.2) is 0 Å². The maximum absolute atomic E-state index is 12.5. The highest BCUT2D eigenvalue weighted by molar-refractivity contribution is 9.10. The average Bonchev–Trinajstić information content (AvgIpc) is 2.99. The summed E-state index contributed by atoms with van der Waals surface area (Å²) in [5, 5.41) is 2.89. The second kappa shape index (κ2) is 7.91. The van der Waals surface area contributed by atoms with Crippen molar-refractivity contribution >= 4 is 39.1 Å². The van der Waals surface area contributed by atoms with Crippen molar-refractivity contribution in [2.75, 3.05) is 16.8 Å². The fourth-order valence-electron chi connectivity index (χ4n) is 2.89. The number of anilines is 2. The van der Waals surface area contributed by atoms with E-state index in [0.717, 1.165) is 15.9 Å². The Morgan fingerprint density at radius 1 is 1.15 bits per heavy atom. The maximum atomic E-state index is 12.5. The zero-order chi connectivity index (χ0) is 18.7. The SMILES string of the molecule is CC(C)Oc1ccc(NC(=O)[C@@H]2CC(=O)N(c3ccc(Br)cc3)C2)cc1. The van der Waals surface area contributed by atoms with E-state index in [1.165, 1.54) is 0 Å². The number of nitrogens with one attached hydrogen (secondary N) is 1. The van der Waals surface area contributed by atoms with Crippen molar-refractivity contribution in [2.24, 2.45) is 5.92 Å². The molecule has 0 bridgehead atoms. The molecule has 5 nitrogen and oxygen atoms in total. The van der Waals surface area contributed by atoms with Gasteiger partial charge in [-0.3, -0.25) is 9.59 Å². The lowest BCUT2D eigenvalue weighted by Crippen LogP contribution is -2.28. The van der Waals surface area contributed by atoms with Crippen molar-refractivity contribution in [3.05, 3.63) is 53.0 Å². The molecule has 1 aliphatic rings. The molecule has 0 saturated carbocycles. The summed E-state index contributed by atoms with van der Waals surface area (Å²) in [7, 11) is 0. The molecule has 6 heteroatoms. The third-order valence-corrected chi connectivity index (χ3v) is 4.66. The molecule has 1 saturated heterocycles. The Balaban J connectivity index is 1.62. The number of amides is 2. The molecule has 0 radical (unpaired) electrons. The standard InChI is InChI=1S/C20H21BrN2O3/c1-13(2)26-18-9-5-16(6-10-18)22-20(25)14-11-19(24)23(12-14)17-7-3-15(21)4-8-17/h3-10,13-14H,11-12H2,1-2H3,(H,22,25)/t14-/m1/s1. The minimum atomic E-state index is -0.363. The van der Waals surface area contributed by atoms with Crippen LogP contribution in [0.2, 0.25) is 0 Å². The van der Waals surface area contributed by atoms with Crippen LogP contribution in [0.5, 0.6) is 5.75 Å². The van der Waals surface area contributed by atoms with Crippen LogP contribution in [0.4, 0.5) is 11.4 Å². The lowest BCUT2D eigenvalue weighted by molar-refractivity contribution is -0.122. The van der Waals surface area contributed by atoms with Crippen LogP contribution in [0.3, 0.4) is 0 Å². The summed E-state index contributed by atoms with van der Waals surface area (Å²) in [6.45, 7) is 4.31. The van der Waals surface area contributed by atoms with E-state index in [9.17, 15) is 9.59 Å². The molecule has 0 spiro atoms. The summed E-state index contributed by atoms with van der Waals surface area (Å²) in [6, 6.07) is 14.8. The van der Waals surface area contributed by atoms with Gasteiger partial charge in [-0.1, -0.05) is 15.9 Å². The maximum Gasteiger partial charge on any atom is 0.229 e. The topological polar surface area (TPSA) is 58.6 Å². The van der Waals surface area contributed by atoms with Crippen LogP contribution < -0.4 is 15.0 Å². The quantitative estimate of drug-likeness (QED) is 0.793. The molecule has 1 fully saturated rings. The minimum Gasteiger partial charge on any atom is -0.491 e. The largest absolute Gasteiger partial charge is 0.491 e. The van der Waals surface area contributed by atoms with Gasteiger partial charge in [0.15, 0.2) is 0 Å². The molecule has 0 aromatic heterocycles. The van der Waals surface area contributed by atoms with Gasteiger partial charge in [0.2, 0.25) is 11.8 Å². The monoisotopic (exact) mass is 416 g/mol. The molecule has 0 aliphatic carbocycles. The van der Waals surface area contributed by atoms with Crippen molar-refractivity contribution < 1.29 is 14.3 Å². The predicted octanol–water partition coefficient (Wildman–Crippen LogP) is 4.23. The second-order valence-electron chi connectivity index (χ2n) is 6.56. The number of hydrogen-bond acceptors (Lipinski definition) is 3. The van der Waals surface area contributed by atoms with E-state index in [4.69, 9.17) is 4.74 Å². The first-order chi connectivity index (χ1) is 12.4. The number of benzene rings is 2. The summed E-state index contributed by atoms with van der Waals surface area (Å²) in [5.74, 6) is 0.219. The van der Waals surface area contributed by atoms with Gasteiger partial charge in [0.05, 0.1) is 12.0 Å². The first kappa shape index (κ1) is 18.5. The summed E-state index contributed by atoms with van der Waals surface area (Å²) < 4.78 is 6.54. The minimum absolute atomic E-state index is 0.0341. The summed E-state index contributed by atoms with van der Waals surface area (Å²) in [6.07, 6.45) is 0.320. The average molecular weight is 417 g/mol. The fourth-order valence-corrected chi connectivity index (χ4v) is 3.15. The van der Waals surface area contributed by atoms with E-state index in [-0.39, 0.29) is 30.3 Å². The Labute approximate surface area is 161 Å². The molecule has 2 amide bonds. The van der Waals surface area contributed by atoms with Crippen molar-refractivity contribution in [1.82, 2.24) is 0 Å². The first-order valence-corrected chi connectivity index (χ1v) is 9.35. The van der Waals surface area contributed by atoms with Crippen molar-refractivity contribution in [1.29, 1.82) is 0 Å².